The van der Waals surface area contributed by atoms with Gasteiger partial charge in [-0.3, -0.25) is 14.8 Å². The summed E-state index contributed by atoms with van der Waals surface area (Å²) in [6, 6.07) is 6.44. The topological polar surface area (TPSA) is 53.4 Å². The van der Waals surface area contributed by atoms with Crippen LogP contribution in [0.3, 0.4) is 0 Å². The lowest BCUT2D eigenvalue weighted by molar-refractivity contribution is 0.187. The standard InChI is InChI=1S/C20H20F2N4O/c1-11-6-19-23-18-9-14-4-3-13(8-15(18)20(27)26(19)24-11)25(14)10-12-2-5-16(21)17(22)7-12/h2,5-7,13-14,24H,3-4,8-10H2,1H3/t13-,14-/m0/s1. The molecule has 2 bridgehead atoms. The summed E-state index contributed by atoms with van der Waals surface area (Å²) < 4.78 is 28.3. The van der Waals surface area contributed by atoms with Crippen molar-refractivity contribution in [3.05, 3.63) is 68.8 Å². The third-order valence-corrected chi connectivity index (χ3v) is 5.91. The Morgan fingerprint density at radius 3 is 2.70 bits per heavy atom. The van der Waals surface area contributed by atoms with Gasteiger partial charge in [-0.05, 0) is 43.9 Å². The maximum atomic E-state index is 13.6. The van der Waals surface area contributed by atoms with Crippen molar-refractivity contribution >= 4 is 5.65 Å². The van der Waals surface area contributed by atoms with Crippen molar-refractivity contribution in [1.29, 1.82) is 0 Å². The smallest absolute Gasteiger partial charge is 0.276 e. The molecule has 1 N–H and O–H groups in total. The molecule has 5 nitrogen and oxygen atoms in total. The highest BCUT2D eigenvalue weighted by Gasteiger charge is 2.38. The van der Waals surface area contributed by atoms with E-state index in [4.69, 9.17) is 4.98 Å². The normalized spacial score (nSPS) is 22.2. The molecule has 3 aromatic rings. The zero-order valence-corrected chi connectivity index (χ0v) is 15.0. The quantitative estimate of drug-likeness (QED) is 0.755. The van der Waals surface area contributed by atoms with E-state index in [0.29, 0.717) is 25.0 Å². The van der Waals surface area contributed by atoms with Crippen molar-refractivity contribution in [3.8, 4) is 0 Å². The number of nitrogens with zero attached hydrogens (tertiary/aromatic N) is 3. The number of hydrogen-bond acceptors (Lipinski definition) is 3. The first-order valence-electron chi connectivity index (χ1n) is 9.29. The predicted molar refractivity (Wildman–Crippen MR) is 96.7 cm³/mol. The summed E-state index contributed by atoms with van der Waals surface area (Å²) >= 11 is 0. The highest BCUT2D eigenvalue weighted by molar-refractivity contribution is 5.42. The molecule has 2 aliphatic rings. The molecule has 7 heteroatoms. The molecule has 0 spiro atoms. The molecule has 140 valence electrons. The van der Waals surface area contributed by atoms with E-state index in [1.54, 1.807) is 6.07 Å². The highest BCUT2D eigenvalue weighted by atomic mass is 19.2. The van der Waals surface area contributed by atoms with Crippen molar-refractivity contribution in [2.24, 2.45) is 0 Å². The molecule has 2 aromatic heterocycles. The molecule has 27 heavy (non-hydrogen) atoms. The zero-order chi connectivity index (χ0) is 18.7. The first-order chi connectivity index (χ1) is 13.0. The molecule has 0 amide bonds. The van der Waals surface area contributed by atoms with E-state index in [9.17, 15) is 13.6 Å². The summed E-state index contributed by atoms with van der Waals surface area (Å²) in [7, 11) is 0. The molecule has 0 aliphatic carbocycles. The summed E-state index contributed by atoms with van der Waals surface area (Å²) in [5.74, 6) is -1.64. The number of aromatic amines is 1. The van der Waals surface area contributed by atoms with Crippen LogP contribution in [0, 0.1) is 18.6 Å². The summed E-state index contributed by atoms with van der Waals surface area (Å²) in [6.07, 6.45) is 3.38. The van der Waals surface area contributed by atoms with Gasteiger partial charge in [0.15, 0.2) is 17.3 Å². The molecule has 0 saturated carbocycles. The van der Waals surface area contributed by atoms with Crippen molar-refractivity contribution in [1.82, 2.24) is 19.5 Å². The molecular weight excluding hydrogens is 350 g/mol. The van der Waals surface area contributed by atoms with Gasteiger partial charge in [0.05, 0.1) is 5.69 Å². The van der Waals surface area contributed by atoms with Gasteiger partial charge in [-0.15, -0.1) is 0 Å². The third kappa shape index (κ3) is 2.68. The Labute approximate surface area is 154 Å². The molecule has 1 fully saturated rings. The first kappa shape index (κ1) is 16.6. The molecule has 1 aromatic carbocycles. The van der Waals surface area contributed by atoms with Crippen LogP contribution in [0.4, 0.5) is 8.78 Å². The van der Waals surface area contributed by atoms with Gasteiger partial charge in [0, 0.05) is 42.4 Å². The second kappa shape index (κ2) is 5.99. The van der Waals surface area contributed by atoms with Gasteiger partial charge in [-0.25, -0.2) is 18.3 Å². The summed E-state index contributed by atoms with van der Waals surface area (Å²) in [4.78, 5) is 20.0. The number of halogens is 2. The molecule has 2 aliphatic heterocycles. The minimum Gasteiger partial charge on any atom is -0.294 e. The van der Waals surface area contributed by atoms with Crippen LogP contribution in [-0.2, 0) is 19.4 Å². The maximum Gasteiger partial charge on any atom is 0.276 e. The Hall–Kier alpha value is -2.54. The first-order valence-corrected chi connectivity index (χ1v) is 9.29. The van der Waals surface area contributed by atoms with Crippen LogP contribution in [0.5, 0.6) is 0 Å². The average Bonchev–Trinajstić information content (AvgIpc) is 3.12. The van der Waals surface area contributed by atoms with Crippen LogP contribution in [0.15, 0.2) is 29.1 Å². The van der Waals surface area contributed by atoms with E-state index in [0.717, 1.165) is 35.4 Å². The van der Waals surface area contributed by atoms with Crippen molar-refractivity contribution < 1.29 is 8.78 Å². The molecule has 1 saturated heterocycles. The maximum absolute atomic E-state index is 13.6. The average molecular weight is 370 g/mol. The Kier molecular flexibility index (Phi) is 3.69. The van der Waals surface area contributed by atoms with Crippen LogP contribution in [0.1, 0.15) is 35.4 Å². The Bertz CT molecular complexity index is 1100. The summed E-state index contributed by atoms with van der Waals surface area (Å²) in [6.45, 7) is 2.46. The Balaban J connectivity index is 1.51. The Morgan fingerprint density at radius 2 is 1.93 bits per heavy atom. The van der Waals surface area contributed by atoms with Crippen molar-refractivity contribution in [2.45, 2.75) is 51.2 Å². The molecular formula is C20H20F2N4O. The van der Waals surface area contributed by atoms with Gasteiger partial charge >= 0.3 is 0 Å². The molecule has 0 radical (unpaired) electrons. The van der Waals surface area contributed by atoms with Crippen LogP contribution in [0.25, 0.3) is 5.65 Å². The predicted octanol–water partition coefficient (Wildman–Crippen LogP) is 2.74. The number of aryl methyl sites for hydroxylation is 1. The number of fused-ring (bicyclic) bond motifs is 4. The van der Waals surface area contributed by atoms with Crippen LogP contribution in [-0.4, -0.2) is 31.6 Å². The number of H-pyrrole nitrogens is 1. The van der Waals surface area contributed by atoms with E-state index >= 15 is 0 Å². The minimum atomic E-state index is -0.826. The molecule has 0 unspecified atom stereocenters. The van der Waals surface area contributed by atoms with Crippen LogP contribution >= 0.6 is 0 Å². The lowest BCUT2D eigenvalue weighted by Crippen LogP contribution is -2.36. The van der Waals surface area contributed by atoms with Gasteiger partial charge < -0.3 is 0 Å². The molecule has 4 heterocycles. The van der Waals surface area contributed by atoms with E-state index in [1.165, 1.54) is 16.6 Å². The van der Waals surface area contributed by atoms with Crippen molar-refractivity contribution in [3.63, 3.8) is 0 Å². The van der Waals surface area contributed by atoms with Gasteiger partial charge in [-0.2, -0.15) is 0 Å². The molecule has 2 atom stereocenters. The number of benzene rings is 1. The SMILES string of the molecule is Cc1cc2nc3c(c(=O)n2[nH]1)C[C@@H]1CC[C@@H](C3)N1Cc1ccc(F)c(F)c1. The number of hydrogen-bond donors (Lipinski definition) is 1. The minimum absolute atomic E-state index is 0.0246. The number of aromatic nitrogens is 3. The number of nitrogens with one attached hydrogen (secondary N) is 1. The lowest BCUT2D eigenvalue weighted by Gasteiger charge is -2.27. The van der Waals surface area contributed by atoms with E-state index < -0.39 is 11.6 Å². The van der Waals surface area contributed by atoms with E-state index in [-0.39, 0.29) is 17.6 Å². The second-order valence-electron chi connectivity index (χ2n) is 7.69. The Morgan fingerprint density at radius 1 is 1.15 bits per heavy atom. The zero-order valence-electron chi connectivity index (χ0n) is 15.0. The van der Waals surface area contributed by atoms with Gasteiger partial charge in [-0.1, -0.05) is 6.07 Å². The van der Waals surface area contributed by atoms with Crippen LogP contribution in [0.2, 0.25) is 0 Å². The molecule has 5 rings (SSSR count). The second-order valence-corrected chi connectivity index (χ2v) is 7.69. The summed E-state index contributed by atoms with van der Waals surface area (Å²) in [5, 5.41) is 3.05. The number of rotatable bonds is 2. The third-order valence-electron chi connectivity index (χ3n) is 5.91. The monoisotopic (exact) mass is 370 g/mol. The van der Waals surface area contributed by atoms with Crippen molar-refractivity contribution in [2.75, 3.05) is 0 Å². The lowest BCUT2D eigenvalue weighted by atomic mass is 9.98. The van der Waals surface area contributed by atoms with E-state index in [2.05, 4.69) is 10.00 Å². The van der Waals surface area contributed by atoms with Crippen LogP contribution < -0.4 is 5.56 Å². The fraction of sp³-hybridized carbons (Fsp3) is 0.400. The van der Waals surface area contributed by atoms with Gasteiger partial charge in [0.1, 0.15) is 0 Å². The highest BCUT2D eigenvalue weighted by Crippen LogP contribution is 2.34. The summed E-state index contributed by atoms with van der Waals surface area (Å²) in [5.41, 5.74) is 3.94. The fourth-order valence-corrected chi connectivity index (χ4v) is 4.62. The van der Waals surface area contributed by atoms with Gasteiger partial charge in [0.25, 0.3) is 5.56 Å². The van der Waals surface area contributed by atoms with E-state index in [1.807, 2.05) is 13.0 Å². The largest absolute Gasteiger partial charge is 0.294 e. The van der Waals surface area contributed by atoms with Gasteiger partial charge in [0.2, 0.25) is 0 Å². The fourth-order valence-electron chi connectivity index (χ4n) is 4.62.